The number of rotatable bonds is 9. The molecule has 8 heteroatoms. The molecule has 0 radical (unpaired) electrons. The number of hydrogen-bond acceptors (Lipinski definition) is 6. The van der Waals surface area contributed by atoms with Gasteiger partial charge in [-0.15, -0.1) is 0 Å². The molecule has 0 aliphatic carbocycles. The highest BCUT2D eigenvalue weighted by Gasteiger charge is 2.23. The van der Waals surface area contributed by atoms with Crippen LogP contribution in [0.1, 0.15) is 43.7 Å². The Morgan fingerprint density at radius 2 is 1.88 bits per heavy atom. The van der Waals surface area contributed by atoms with Gasteiger partial charge in [0.25, 0.3) is 0 Å². The number of likely N-dealkylation sites (tertiary alicyclic amines) is 1. The van der Waals surface area contributed by atoms with E-state index in [1.807, 2.05) is 31.2 Å². The van der Waals surface area contributed by atoms with E-state index >= 15 is 0 Å². The molecule has 1 saturated heterocycles. The molecule has 0 spiro atoms. The number of hydrogen-bond donors (Lipinski definition) is 1. The molecule has 1 amide bonds. The third-order valence-electron chi connectivity index (χ3n) is 5.89. The van der Waals surface area contributed by atoms with E-state index in [1.165, 1.54) is 6.42 Å². The summed E-state index contributed by atoms with van der Waals surface area (Å²) in [5, 5.41) is 2.75. The van der Waals surface area contributed by atoms with E-state index in [9.17, 15) is 13.2 Å². The van der Waals surface area contributed by atoms with E-state index in [0.29, 0.717) is 35.7 Å². The molecule has 1 aliphatic rings. The van der Waals surface area contributed by atoms with Crippen molar-refractivity contribution in [2.24, 2.45) is 11.8 Å². The summed E-state index contributed by atoms with van der Waals surface area (Å²) in [7, 11) is -3.65. The number of nitrogens with one attached hydrogen (secondary N) is 1. The van der Waals surface area contributed by atoms with Gasteiger partial charge in [-0.2, -0.15) is 0 Å². The standard InChI is InChI=1S/C24H35N3O4S/c1-17-12-18(2)14-27(13-17)11-7-10-25-23(28)16-32(29,30)15-22-20(4)31-24(26-22)21-9-6-5-8-19(21)3/h5-6,8-9,17-18H,7,10-16H2,1-4H3,(H,25,28)/t17-,18-/m1/s1. The zero-order valence-corrected chi connectivity index (χ0v) is 20.4. The summed E-state index contributed by atoms with van der Waals surface area (Å²) in [6.45, 7) is 11.8. The predicted molar refractivity (Wildman–Crippen MR) is 126 cm³/mol. The average molecular weight is 462 g/mol. The minimum atomic E-state index is -3.65. The Labute approximate surface area is 191 Å². The minimum Gasteiger partial charge on any atom is -0.441 e. The molecule has 2 atom stereocenters. The number of oxazole rings is 1. The topological polar surface area (TPSA) is 92.5 Å². The molecule has 1 aromatic carbocycles. The number of aromatic nitrogens is 1. The van der Waals surface area contributed by atoms with Crippen molar-refractivity contribution in [3.8, 4) is 11.5 Å². The van der Waals surface area contributed by atoms with Gasteiger partial charge in [0.2, 0.25) is 11.8 Å². The maximum absolute atomic E-state index is 12.6. The van der Waals surface area contributed by atoms with Crippen LogP contribution < -0.4 is 5.32 Å². The number of sulfone groups is 1. The molecular weight excluding hydrogens is 426 g/mol. The second kappa shape index (κ2) is 10.6. The first-order valence-electron chi connectivity index (χ1n) is 11.3. The molecule has 3 rings (SSSR count). The summed E-state index contributed by atoms with van der Waals surface area (Å²) in [4.78, 5) is 19.0. The van der Waals surface area contributed by atoms with Crippen molar-refractivity contribution >= 4 is 15.7 Å². The molecule has 1 aromatic heterocycles. The largest absolute Gasteiger partial charge is 0.441 e. The van der Waals surface area contributed by atoms with E-state index in [1.54, 1.807) is 6.92 Å². The first-order valence-corrected chi connectivity index (χ1v) is 13.2. The minimum absolute atomic E-state index is 0.314. The normalized spacial score (nSPS) is 19.8. The van der Waals surface area contributed by atoms with Crippen LogP contribution in [0.25, 0.3) is 11.5 Å². The van der Waals surface area contributed by atoms with E-state index in [4.69, 9.17) is 4.42 Å². The molecule has 32 heavy (non-hydrogen) atoms. The molecular formula is C24H35N3O4S. The van der Waals surface area contributed by atoms with Crippen molar-refractivity contribution in [3.63, 3.8) is 0 Å². The van der Waals surface area contributed by atoms with Gasteiger partial charge < -0.3 is 14.6 Å². The molecule has 0 unspecified atom stereocenters. The maximum Gasteiger partial charge on any atom is 0.235 e. The summed E-state index contributed by atoms with van der Waals surface area (Å²) in [6, 6.07) is 7.64. The van der Waals surface area contributed by atoms with Crippen LogP contribution in [0.4, 0.5) is 0 Å². The van der Waals surface area contributed by atoms with Crippen molar-refractivity contribution in [2.45, 2.75) is 46.3 Å². The monoisotopic (exact) mass is 461 g/mol. The Bertz CT molecular complexity index is 1020. The van der Waals surface area contributed by atoms with Gasteiger partial charge in [0.1, 0.15) is 11.5 Å². The van der Waals surface area contributed by atoms with E-state index in [-0.39, 0.29) is 5.75 Å². The number of benzene rings is 1. The van der Waals surface area contributed by atoms with Gasteiger partial charge in [-0.05, 0) is 56.7 Å². The summed E-state index contributed by atoms with van der Waals surface area (Å²) in [6.07, 6.45) is 2.08. The summed E-state index contributed by atoms with van der Waals surface area (Å²) < 4.78 is 30.9. The van der Waals surface area contributed by atoms with Crippen LogP contribution in [0.3, 0.4) is 0 Å². The van der Waals surface area contributed by atoms with Crippen LogP contribution in [0.15, 0.2) is 28.7 Å². The molecule has 176 valence electrons. The predicted octanol–water partition coefficient (Wildman–Crippen LogP) is 3.36. The Kier molecular flexibility index (Phi) is 8.11. The van der Waals surface area contributed by atoms with Crippen LogP contribution in [0, 0.1) is 25.7 Å². The highest BCUT2D eigenvalue weighted by Crippen LogP contribution is 2.25. The second-order valence-corrected chi connectivity index (χ2v) is 11.3. The molecule has 0 bridgehead atoms. The molecule has 1 fully saturated rings. The molecule has 7 nitrogen and oxygen atoms in total. The highest BCUT2D eigenvalue weighted by molar-refractivity contribution is 7.91. The Balaban J connectivity index is 1.48. The SMILES string of the molecule is Cc1ccccc1-c1nc(CS(=O)(=O)CC(=O)NCCCN2C[C@H](C)C[C@@H](C)C2)c(C)o1. The van der Waals surface area contributed by atoms with Gasteiger partial charge in [0.05, 0.1) is 11.4 Å². The second-order valence-electron chi connectivity index (χ2n) is 9.28. The maximum atomic E-state index is 12.6. The fourth-order valence-corrected chi connectivity index (χ4v) is 5.79. The van der Waals surface area contributed by atoms with E-state index < -0.39 is 21.5 Å². The number of piperidine rings is 1. The first-order chi connectivity index (χ1) is 15.1. The quantitative estimate of drug-likeness (QED) is 0.576. The van der Waals surface area contributed by atoms with Crippen LogP contribution in [0.2, 0.25) is 0 Å². The number of carbonyl (C=O) groups excluding carboxylic acids is 1. The average Bonchev–Trinajstić information content (AvgIpc) is 3.04. The number of amides is 1. The summed E-state index contributed by atoms with van der Waals surface area (Å²) in [5.74, 6) is 0.927. The lowest BCUT2D eigenvalue weighted by molar-refractivity contribution is -0.118. The van der Waals surface area contributed by atoms with Gasteiger partial charge in [0.15, 0.2) is 9.84 Å². The molecule has 1 aliphatic heterocycles. The highest BCUT2D eigenvalue weighted by atomic mass is 32.2. The van der Waals surface area contributed by atoms with Crippen molar-refractivity contribution in [1.82, 2.24) is 15.2 Å². The van der Waals surface area contributed by atoms with Gasteiger partial charge in [-0.3, -0.25) is 4.79 Å². The molecule has 0 saturated carbocycles. The Morgan fingerprint density at radius 1 is 1.19 bits per heavy atom. The zero-order valence-electron chi connectivity index (χ0n) is 19.6. The van der Waals surface area contributed by atoms with Crippen LogP contribution in [-0.2, 0) is 20.4 Å². The summed E-state index contributed by atoms with van der Waals surface area (Å²) >= 11 is 0. The molecule has 2 aromatic rings. The van der Waals surface area contributed by atoms with Crippen LogP contribution >= 0.6 is 0 Å². The number of aryl methyl sites for hydroxylation is 2. The zero-order chi connectivity index (χ0) is 23.3. The fraction of sp³-hybridized carbons (Fsp3) is 0.583. The fourth-order valence-electron chi connectivity index (χ4n) is 4.51. The number of carbonyl (C=O) groups is 1. The Hall–Kier alpha value is -2.19. The summed E-state index contributed by atoms with van der Waals surface area (Å²) in [5.41, 5.74) is 2.18. The van der Waals surface area contributed by atoms with E-state index in [0.717, 1.165) is 37.2 Å². The van der Waals surface area contributed by atoms with Gasteiger partial charge in [-0.25, -0.2) is 13.4 Å². The third-order valence-corrected chi connectivity index (χ3v) is 7.31. The van der Waals surface area contributed by atoms with Gasteiger partial charge in [-0.1, -0.05) is 32.0 Å². The van der Waals surface area contributed by atoms with Gasteiger partial charge >= 0.3 is 0 Å². The lowest BCUT2D eigenvalue weighted by atomic mass is 9.92. The van der Waals surface area contributed by atoms with Crippen LogP contribution in [-0.4, -0.2) is 56.1 Å². The Morgan fingerprint density at radius 3 is 2.56 bits per heavy atom. The molecule has 2 heterocycles. The lowest BCUT2D eigenvalue weighted by Crippen LogP contribution is -2.40. The van der Waals surface area contributed by atoms with Crippen molar-refractivity contribution in [1.29, 1.82) is 0 Å². The van der Waals surface area contributed by atoms with Crippen molar-refractivity contribution in [3.05, 3.63) is 41.3 Å². The smallest absolute Gasteiger partial charge is 0.235 e. The van der Waals surface area contributed by atoms with Crippen molar-refractivity contribution < 1.29 is 17.6 Å². The van der Waals surface area contributed by atoms with Crippen molar-refractivity contribution in [2.75, 3.05) is 31.9 Å². The third kappa shape index (κ3) is 6.90. The first kappa shape index (κ1) is 24.5. The number of nitrogens with zero attached hydrogens (tertiary/aromatic N) is 2. The van der Waals surface area contributed by atoms with Gasteiger partial charge in [0, 0.05) is 25.2 Å². The van der Waals surface area contributed by atoms with Crippen LogP contribution in [0.5, 0.6) is 0 Å². The lowest BCUT2D eigenvalue weighted by Gasteiger charge is -2.34. The van der Waals surface area contributed by atoms with E-state index in [2.05, 4.69) is 29.0 Å². The molecule has 1 N–H and O–H groups in total.